The predicted octanol–water partition coefficient (Wildman–Crippen LogP) is 4.46. The third kappa shape index (κ3) is 3.50. The number of fused-ring (bicyclic) bond motifs is 2. The van der Waals surface area contributed by atoms with E-state index in [-0.39, 0.29) is 17.7 Å². The average Bonchev–Trinajstić information content (AvgIpc) is 3.20. The van der Waals surface area contributed by atoms with Gasteiger partial charge < -0.3 is 10.1 Å². The fourth-order valence-electron chi connectivity index (χ4n) is 4.08. The Bertz CT molecular complexity index is 1090. The molecule has 7 heteroatoms. The molecule has 1 aliphatic heterocycles. The average molecular weight is 419 g/mol. The maximum atomic E-state index is 12.9. The minimum Gasteiger partial charge on any atom is -0.489 e. The molecule has 2 heterocycles. The van der Waals surface area contributed by atoms with Gasteiger partial charge in [-0.3, -0.25) is 4.79 Å². The zero-order chi connectivity index (χ0) is 20.5. The summed E-state index contributed by atoms with van der Waals surface area (Å²) < 4.78 is 7.78. The maximum Gasteiger partial charge on any atom is 0.227 e. The lowest BCUT2D eigenvalue weighted by Crippen LogP contribution is -2.38. The van der Waals surface area contributed by atoms with Crippen molar-refractivity contribution in [3.05, 3.63) is 77.5 Å². The van der Waals surface area contributed by atoms with Crippen LogP contribution in [0.25, 0.3) is 0 Å². The second-order valence-corrected chi connectivity index (χ2v) is 8.20. The van der Waals surface area contributed by atoms with Crippen molar-refractivity contribution in [3.63, 3.8) is 0 Å². The van der Waals surface area contributed by atoms with Crippen molar-refractivity contribution in [2.75, 3.05) is 11.6 Å². The second kappa shape index (κ2) is 7.99. The number of thioether (sulfide) groups is 1. The molecule has 3 aromatic rings. The Balaban J connectivity index is 1.45. The minimum atomic E-state index is -0.265. The van der Waals surface area contributed by atoms with E-state index in [4.69, 9.17) is 4.74 Å². The molecule has 6 nitrogen and oxygen atoms in total. The molecule has 0 spiro atoms. The van der Waals surface area contributed by atoms with Crippen LogP contribution in [0.5, 0.6) is 5.75 Å². The van der Waals surface area contributed by atoms with Crippen molar-refractivity contribution in [1.29, 1.82) is 0 Å². The molecular formula is C23H22N4O2S. The van der Waals surface area contributed by atoms with Crippen LogP contribution in [0.1, 0.15) is 30.0 Å². The van der Waals surface area contributed by atoms with Gasteiger partial charge in [-0.05, 0) is 35.9 Å². The zero-order valence-electron chi connectivity index (χ0n) is 16.6. The number of ether oxygens (including phenoxy) is 1. The van der Waals surface area contributed by atoms with E-state index in [0.29, 0.717) is 24.1 Å². The van der Waals surface area contributed by atoms with Crippen LogP contribution in [0.2, 0.25) is 0 Å². The Kier molecular flexibility index (Phi) is 5.04. The summed E-state index contributed by atoms with van der Waals surface area (Å²) in [5, 5.41) is 8.66. The summed E-state index contributed by atoms with van der Waals surface area (Å²) >= 11 is 1.49. The summed E-state index contributed by atoms with van der Waals surface area (Å²) in [6.07, 6.45) is 5.39. The Hall–Kier alpha value is -3.06. The summed E-state index contributed by atoms with van der Waals surface area (Å²) in [7, 11) is 0. The van der Waals surface area contributed by atoms with Crippen LogP contribution in [0.15, 0.2) is 71.5 Å². The number of carbonyl (C=O) groups excluding carboxylic acids is 1. The van der Waals surface area contributed by atoms with Crippen molar-refractivity contribution in [1.82, 2.24) is 14.8 Å². The van der Waals surface area contributed by atoms with E-state index in [1.807, 2.05) is 65.5 Å². The highest BCUT2D eigenvalue weighted by Crippen LogP contribution is 2.42. The number of nitrogens with one attached hydrogen (secondary N) is 1. The molecule has 0 saturated carbocycles. The van der Waals surface area contributed by atoms with Gasteiger partial charge in [0.15, 0.2) is 0 Å². The summed E-state index contributed by atoms with van der Waals surface area (Å²) in [5.41, 5.74) is 3.08. The van der Waals surface area contributed by atoms with Crippen molar-refractivity contribution in [3.8, 4) is 5.75 Å². The van der Waals surface area contributed by atoms with Crippen molar-refractivity contribution in [2.45, 2.75) is 30.6 Å². The highest BCUT2D eigenvalue weighted by atomic mass is 32.2. The molecule has 0 bridgehead atoms. The molecule has 152 valence electrons. The molecule has 2 aromatic carbocycles. The Morgan fingerprint density at radius 2 is 1.97 bits per heavy atom. The van der Waals surface area contributed by atoms with Crippen LogP contribution in [0.3, 0.4) is 0 Å². The number of benzene rings is 2. The standard InChI is InChI=1S/C23H22N4O2S/c1-30-23-25-22-24-18-8-5-9-19(28)20(18)21(27(22)26-23)16-10-12-17(13-11-16)29-14-15-6-3-2-4-7-15/h2-4,6-8,10-13,20-21H,5,9,14H2,1H3,(H,24,25,26)/t20-,21-/m1/s1. The zero-order valence-corrected chi connectivity index (χ0v) is 17.4. The summed E-state index contributed by atoms with van der Waals surface area (Å²) in [6, 6.07) is 17.9. The van der Waals surface area contributed by atoms with E-state index < -0.39 is 0 Å². The molecule has 0 fully saturated rings. The molecular weight excluding hydrogens is 396 g/mol. The van der Waals surface area contributed by atoms with E-state index in [1.165, 1.54) is 11.8 Å². The molecule has 0 radical (unpaired) electrons. The first kappa shape index (κ1) is 18.9. The lowest BCUT2D eigenvalue weighted by molar-refractivity contribution is -0.123. The number of allylic oxidation sites excluding steroid dienone is 2. The number of nitrogens with zero attached hydrogens (tertiary/aromatic N) is 3. The van der Waals surface area contributed by atoms with Gasteiger partial charge in [-0.15, -0.1) is 5.10 Å². The van der Waals surface area contributed by atoms with Crippen LogP contribution in [-0.4, -0.2) is 26.8 Å². The van der Waals surface area contributed by atoms with Gasteiger partial charge in [0.2, 0.25) is 11.1 Å². The quantitative estimate of drug-likeness (QED) is 0.617. The monoisotopic (exact) mass is 418 g/mol. The molecule has 1 aliphatic carbocycles. The Morgan fingerprint density at radius 1 is 1.17 bits per heavy atom. The second-order valence-electron chi connectivity index (χ2n) is 7.42. The Morgan fingerprint density at radius 3 is 2.73 bits per heavy atom. The molecule has 0 saturated heterocycles. The molecule has 0 amide bonds. The van der Waals surface area contributed by atoms with Crippen molar-refractivity contribution < 1.29 is 9.53 Å². The Labute approximate surface area is 179 Å². The van der Waals surface area contributed by atoms with Crippen LogP contribution in [-0.2, 0) is 11.4 Å². The molecule has 5 rings (SSSR count). The van der Waals surface area contributed by atoms with Gasteiger partial charge in [0.1, 0.15) is 18.1 Å². The molecule has 0 unspecified atom stereocenters. The number of rotatable bonds is 5. The highest BCUT2D eigenvalue weighted by molar-refractivity contribution is 7.98. The van der Waals surface area contributed by atoms with E-state index in [1.54, 1.807) is 0 Å². The lowest BCUT2D eigenvalue weighted by Gasteiger charge is -2.36. The van der Waals surface area contributed by atoms with Gasteiger partial charge in [0.25, 0.3) is 0 Å². The van der Waals surface area contributed by atoms with Crippen molar-refractivity contribution in [2.24, 2.45) is 5.92 Å². The van der Waals surface area contributed by atoms with Gasteiger partial charge in [-0.2, -0.15) is 4.98 Å². The number of anilines is 1. The number of ketones is 1. The first-order chi connectivity index (χ1) is 14.7. The summed E-state index contributed by atoms with van der Waals surface area (Å²) in [5.74, 6) is 1.46. The van der Waals surface area contributed by atoms with Gasteiger partial charge in [0.05, 0.1) is 12.0 Å². The fourth-order valence-corrected chi connectivity index (χ4v) is 4.42. The van der Waals surface area contributed by atoms with Crippen LogP contribution >= 0.6 is 11.8 Å². The summed E-state index contributed by atoms with van der Waals surface area (Å²) in [4.78, 5) is 17.4. The number of hydrogen-bond acceptors (Lipinski definition) is 6. The molecule has 1 N–H and O–H groups in total. The highest BCUT2D eigenvalue weighted by Gasteiger charge is 2.41. The van der Waals surface area contributed by atoms with Crippen molar-refractivity contribution >= 4 is 23.5 Å². The summed E-state index contributed by atoms with van der Waals surface area (Å²) in [6.45, 7) is 0.520. The lowest BCUT2D eigenvalue weighted by atomic mass is 9.81. The SMILES string of the molecule is CSc1nc2n(n1)[C@H](c1ccc(OCc3ccccc3)cc1)[C@H]1C(=O)CCC=C1N2. The molecule has 30 heavy (non-hydrogen) atoms. The first-order valence-electron chi connectivity index (χ1n) is 10.00. The van der Waals surface area contributed by atoms with Crippen LogP contribution in [0.4, 0.5) is 5.95 Å². The smallest absolute Gasteiger partial charge is 0.227 e. The number of carbonyl (C=O) groups is 1. The van der Waals surface area contributed by atoms with E-state index in [0.717, 1.165) is 29.0 Å². The van der Waals surface area contributed by atoms with Gasteiger partial charge >= 0.3 is 0 Å². The third-order valence-electron chi connectivity index (χ3n) is 5.54. The third-order valence-corrected chi connectivity index (χ3v) is 6.07. The maximum absolute atomic E-state index is 12.9. The van der Waals surface area contributed by atoms with Gasteiger partial charge in [0, 0.05) is 12.1 Å². The molecule has 1 aromatic heterocycles. The van der Waals surface area contributed by atoms with E-state index >= 15 is 0 Å². The molecule has 2 aliphatic rings. The largest absolute Gasteiger partial charge is 0.489 e. The predicted molar refractivity (Wildman–Crippen MR) is 117 cm³/mol. The van der Waals surface area contributed by atoms with E-state index in [2.05, 4.69) is 21.5 Å². The van der Waals surface area contributed by atoms with Crippen LogP contribution in [0, 0.1) is 5.92 Å². The minimum absolute atomic E-state index is 0.211. The number of Topliss-reactive ketones (excluding diaryl/α,β-unsaturated/α-hetero) is 1. The normalized spacial score (nSPS) is 20.0. The van der Waals surface area contributed by atoms with E-state index in [9.17, 15) is 4.79 Å². The van der Waals surface area contributed by atoms with Crippen LogP contribution < -0.4 is 10.1 Å². The van der Waals surface area contributed by atoms with Gasteiger partial charge in [-0.25, -0.2) is 4.68 Å². The fraction of sp³-hybridized carbons (Fsp3) is 0.261. The first-order valence-corrected chi connectivity index (χ1v) is 11.2. The topological polar surface area (TPSA) is 69.0 Å². The number of aromatic nitrogens is 3. The molecule has 2 atom stereocenters. The van der Waals surface area contributed by atoms with Gasteiger partial charge in [-0.1, -0.05) is 60.3 Å². The number of hydrogen-bond donors (Lipinski definition) is 1.